The summed E-state index contributed by atoms with van der Waals surface area (Å²) in [6, 6.07) is 3.92. The molecule has 5 heterocycles. The topological polar surface area (TPSA) is 146 Å². The maximum Gasteiger partial charge on any atom is 0.407 e. The summed E-state index contributed by atoms with van der Waals surface area (Å²) < 4.78 is 11.7. The third-order valence-corrected chi connectivity index (χ3v) is 9.21. The fourth-order valence-corrected chi connectivity index (χ4v) is 7.11. The monoisotopic (exact) mass is 563 g/mol. The van der Waals surface area contributed by atoms with Gasteiger partial charge in [-0.15, -0.1) is 11.3 Å². The van der Waals surface area contributed by atoms with Gasteiger partial charge in [-0.25, -0.2) is 14.8 Å². The second-order valence-corrected chi connectivity index (χ2v) is 11.7. The molecule has 0 radical (unpaired) electrons. The number of hydrogen-bond acceptors (Lipinski definition) is 9. The minimum Gasteiger partial charge on any atom is -0.484 e. The van der Waals surface area contributed by atoms with E-state index in [1.807, 2.05) is 24.0 Å². The van der Waals surface area contributed by atoms with Crippen LogP contribution >= 0.6 is 11.3 Å². The Kier molecular flexibility index (Phi) is 6.19. The molecule has 2 saturated heterocycles. The van der Waals surface area contributed by atoms with Crippen molar-refractivity contribution in [1.82, 2.24) is 30.0 Å². The SMILES string of the molecule is C[C@H]1COCCN1C(=O)[C@H]1CCc2c(sc3ncnc(Nc4cc5cn[nH]c5cc4OC4CN(C(=O)O)C4)c23)C1. The number of benzene rings is 1. The van der Waals surface area contributed by atoms with Gasteiger partial charge in [-0.3, -0.25) is 9.89 Å². The van der Waals surface area contributed by atoms with Gasteiger partial charge in [-0.1, -0.05) is 0 Å². The quantitative estimate of drug-likeness (QED) is 0.332. The lowest BCUT2D eigenvalue weighted by Gasteiger charge is -2.37. The zero-order chi connectivity index (χ0) is 27.4. The van der Waals surface area contributed by atoms with Crippen molar-refractivity contribution in [2.24, 2.45) is 5.92 Å². The number of rotatable bonds is 5. The normalized spacial score (nSPS) is 21.3. The van der Waals surface area contributed by atoms with Crippen molar-refractivity contribution >= 4 is 56.0 Å². The summed E-state index contributed by atoms with van der Waals surface area (Å²) in [5, 5.41) is 21.7. The van der Waals surface area contributed by atoms with Crippen LogP contribution in [0.5, 0.6) is 5.75 Å². The largest absolute Gasteiger partial charge is 0.484 e. The van der Waals surface area contributed by atoms with E-state index in [0.717, 1.165) is 34.0 Å². The molecule has 3 aliphatic rings. The number of aromatic nitrogens is 4. The highest BCUT2D eigenvalue weighted by Crippen LogP contribution is 2.42. The van der Waals surface area contributed by atoms with E-state index in [4.69, 9.17) is 9.47 Å². The molecule has 4 aromatic rings. The molecule has 0 spiro atoms. The van der Waals surface area contributed by atoms with Gasteiger partial charge >= 0.3 is 6.09 Å². The predicted molar refractivity (Wildman–Crippen MR) is 148 cm³/mol. The van der Waals surface area contributed by atoms with Crippen LogP contribution in [0.1, 0.15) is 23.8 Å². The van der Waals surface area contributed by atoms with Crippen LogP contribution in [0.15, 0.2) is 24.7 Å². The maximum absolute atomic E-state index is 13.4. The molecule has 3 aromatic heterocycles. The van der Waals surface area contributed by atoms with E-state index in [0.29, 0.717) is 56.5 Å². The lowest BCUT2D eigenvalue weighted by atomic mass is 9.86. The fraction of sp³-hybridized carbons (Fsp3) is 0.444. The summed E-state index contributed by atoms with van der Waals surface area (Å²) >= 11 is 1.63. The smallest absolute Gasteiger partial charge is 0.407 e. The molecular weight excluding hydrogens is 534 g/mol. The number of carbonyl (C=O) groups is 2. The van der Waals surface area contributed by atoms with E-state index in [1.165, 1.54) is 15.3 Å². The molecule has 0 unspecified atom stereocenters. The van der Waals surface area contributed by atoms with Crippen LogP contribution in [0.3, 0.4) is 0 Å². The molecule has 12 nitrogen and oxygen atoms in total. The van der Waals surface area contributed by atoms with Gasteiger partial charge in [-0.05, 0) is 37.8 Å². The van der Waals surface area contributed by atoms with Crippen molar-refractivity contribution in [3.8, 4) is 5.75 Å². The minimum absolute atomic E-state index is 0.0400. The van der Waals surface area contributed by atoms with E-state index < -0.39 is 6.09 Å². The van der Waals surface area contributed by atoms with Gasteiger partial charge in [0.05, 0.1) is 55.1 Å². The number of likely N-dealkylation sites (tertiary alicyclic amines) is 1. The van der Waals surface area contributed by atoms with Crippen molar-refractivity contribution < 1.29 is 24.2 Å². The Morgan fingerprint density at radius 3 is 2.98 bits per heavy atom. The van der Waals surface area contributed by atoms with E-state index in [-0.39, 0.29) is 24.0 Å². The lowest BCUT2D eigenvalue weighted by molar-refractivity contribution is -0.143. The van der Waals surface area contributed by atoms with Gasteiger partial charge < -0.3 is 29.7 Å². The van der Waals surface area contributed by atoms with Gasteiger partial charge in [0.15, 0.2) is 0 Å². The number of aryl methyl sites for hydroxylation is 1. The number of nitrogens with one attached hydrogen (secondary N) is 2. The Labute approximate surface area is 233 Å². The van der Waals surface area contributed by atoms with Gasteiger partial charge in [0.1, 0.15) is 28.8 Å². The zero-order valence-electron chi connectivity index (χ0n) is 21.9. The average molecular weight is 564 g/mol. The second-order valence-electron chi connectivity index (χ2n) is 10.7. The van der Waals surface area contributed by atoms with Gasteiger partial charge in [-0.2, -0.15) is 5.10 Å². The summed E-state index contributed by atoms with van der Waals surface area (Å²) in [6.45, 7) is 4.51. The number of fused-ring (bicyclic) bond motifs is 4. The van der Waals surface area contributed by atoms with Crippen molar-refractivity contribution in [2.75, 3.05) is 38.2 Å². The van der Waals surface area contributed by atoms with Crippen LogP contribution in [-0.2, 0) is 22.4 Å². The molecule has 3 N–H and O–H groups in total. The molecule has 2 fully saturated rings. The molecule has 2 atom stereocenters. The highest BCUT2D eigenvalue weighted by atomic mass is 32.1. The first-order valence-corrected chi connectivity index (χ1v) is 14.3. The van der Waals surface area contributed by atoms with Gasteiger partial charge in [0.2, 0.25) is 5.91 Å². The number of carboxylic acid groups (broad SMARTS) is 1. The number of H-pyrrole nitrogens is 1. The Balaban J connectivity index is 1.17. The summed E-state index contributed by atoms with van der Waals surface area (Å²) in [5.41, 5.74) is 2.74. The first-order chi connectivity index (χ1) is 19.4. The molecule has 13 heteroatoms. The van der Waals surface area contributed by atoms with Crippen molar-refractivity contribution in [3.63, 3.8) is 0 Å². The Bertz CT molecular complexity index is 1610. The number of morpholine rings is 1. The maximum atomic E-state index is 13.4. The van der Waals surface area contributed by atoms with E-state index in [9.17, 15) is 14.7 Å². The molecular formula is C27H29N7O5S. The van der Waals surface area contributed by atoms with Crippen LogP contribution < -0.4 is 10.1 Å². The zero-order valence-corrected chi connectivity index (χ0v) is 22.7. The number of amides is 2. The number of ether oxygens (including phenoxy) is 2. The van der Waals surface area contributed by atoms with Gasteiger partial charge in [0.25, 0.3) is 0 Å². The molecule has 2 amide bonds. The van der Waals surface area contributed by atoms with Crippen molar-refractivity contribution in [2.45, 2.75) is 38.3 Å². The predicted octanol–water partition coefficient (Wildman–Crippen LogP) is 3.40. The van der Waals surface area contributed by atoms with Crippen molar-refractivity contribution in [1.29, 1.82) is 0 Å². The molecule has 1 aliphatic carbocycles. The summed E-state index contributed by atoms with van der Waals surface area (Å²) in [4.78, 5) is 39.1. The van der Waals surface area contributed by atoms with Crippen molar-refractivity contribution in [3.05, 3.63) is 35.1 Å². The summed E-state index contributed by atoms with van der Waals surface area (Å²) in [6.07, 6.45) is 4.38. The molecule has 2 aliphatic heterocycles. The highest BCUT2D eigenvalue weighted by molar-refractivity contribution is 7.19. The van der Waals surface area contributed by atoms with Crippen LogP contribution in [0.4, 0.5) is 16.3 Å². The van der Waals surface area contributed by atoms with Crippen LogP contribution in [0.2, 0.25) is 0 Å². The Morgan fingerprint density at radius 2 is 2.15 bits per heavy atom. The third-order valence-electron chi connectivity index (χ3n) is 8.05. The third kappa shape index (κ3) is 4.38. The molecule has 208 valence electrons. The molecule has 7 rings (SSSR count). The van der Waals surface area contributed by atoms with Crippen LogP contribution in [0.25, 0.3) is 21.1 Å². The first kappa shape index (κ1) is 25.0. The summed E-state index contributed by atoms with van der Waals surface area (Å²) in [5.74, 6) is 1.45. The fourth-order valence-electron chi connectivity index (χ4n) is 5.85. The minimum atomic E-state index is -0.948. The Morgan fingerprint density at radius 1 is 1.27 bits per heavy atom. The van der Waals surface area contributed by atoms with Crippen LogP contribution in [0, 0.1) is 5.92 Å². The highest BCUT2D eigenvalue weighted by Gasteiger charge is 2.35. The first-order valence-electron chi connectivity index (χ1n) is 13.5. The number of hydrogen-bond donors (Lipinski definition) is 3. The lowest BCUT2D eigenvalue weighted by Crippen LogP contribution is -2.55. The number of carbonyl (C=O) groups excluding carboxylic acids is 1. The molecule has 40 heavy (non-hydrogen) atoms. The average Bonchev–Trinajstić information content (AvgIpc) is 3.53. The van der Waals surface area contributed by atoms with E-state index in [2.05, 4.69) is 25.5 Å². The number of thiophene rings is 1. The Hall–Kier alpha value is -3.97. The van der Waals surface area contributed by atoms with E-state index in [1.54, 1.807) is 23.9 Å². The molecule has 1 aromatic carbocycles. The standard InChI is InChI=1S/C27H29N7O5S/c1-14-12-38-5-4-34(14)26(35)15-2-3-18-22(7-15)40-25-23(18)24(28-13-29-25)31-20-6-16-9-30-32-19(16)8-21(20)39-17-10-33(11-17)27(36)37/h6,8-9,13-15,17H,2-5,7,10-12H2,1H3,(H,30,32)(H,36,37)(H,28,29,31)/t14-,15-/m0/s1. The number of aromatic amines is 1. The number of anilines is 2. The second kappa shape index (κ2) is 9.89. The molecule has 0 bridgehead atoms. The number of nitrogens with zero attached hydrogens (tertiary/aromatic N) is 5. The van der Waals surface area contributed by atoms with Gasteiger partial charge in [0, 0.05) is 28.8 Å². The van der Waals surface area contributed by atoms with E-state index >= 15 is 0 Å². The summed E-state index contributed by atoms with van der Waals surface area (Å²) in [7, 11) is 0. The molecule has 0 saturated carbocycles. The van der Waals surface area contributed by atoms with Crippen LogP contribution in [-0.4, -0.2) is 92.1 Å².